The highest BCUT2D eigenvalue weighted by Crippen LogP contribution is 2.47. The van der Waals surface area contributed by atoms with Crippen LogP contribution in [0.2, 0.25) is 0 Å². The smallest absolute Gasteiger partial charge is 0.146 e. The summed E-state index contributed by atoms with van der Waals surface area (Å²) >= 11 is 7.10. The standard InChI is InChI=1S/C53H33N2PS/c57-56(50-21-9-14-34-11-1-4-16-42(34)50,51-22-10-15-35-12-2-5-17-43(35)51)41-28-25-38-31-37(23-24-39(38)32-41)40-27-29-45-49(33-40)55-48-20-8-7-19-47(48)54-53(55)46-30-26-36-13-3-6-18-44(36)52(45)46/h1-33H. The summed E-state index contributed by atoms with van der Waals surface area (Å²) in [6.07, 6.45) is 0. The summed E-state index contributed by atoms with van der Waals surface area (Å²) in [5.41, 5.74) is 6.60. The maximum Gasteiger partial charge on any atom is 0.146 e. The molecule has 0 aliphatic carbocycles. The summed E-state index contributed by atoms with van der Waals surface area (Å²) in [5, 5.41) is 17.0. The van der Waals surface area contributed by atoms with Gasteiger partial charge in [0.05, 0.1) is 16.6 Å². The van der Waals surface area contributed by atoms with E-state index < -0.39 is 6.04 Å². The molecule has 57 heavy (non-hydrogen) atoms. The Morgan fingerprint density at radius 2 is 0.930 bits per heavy atom. The van der Waals surface area contributed by atoms with Crippen molar-refractivity contribution in [2.24, 2.45) is 0 Å². The monoisotopic (exact) mass is 760 g/mol. The Balaban J connectivity index is 1.06. The topological polar surface area (TPSA) is 17.3 Å². The lowest BCUT2D eigenvalue weighted by Gasteiger charge is -2.27. The van der Waals surface area contributed by atoms with E-state index in [4.69, 9.17) is 16.8 Å². The number of hydrogen-bond donors (Lipinski definition) is 0. The van der Waals surface area contributed by atoms with E-state index in [1.54, 1.807) is 0 Å². The van der Waals surface area contributed by atoms with E-state index in [9.17, 15) is 0 Å². The fourth-order valence-electron chi connectivity index (χ4n) is 9.29. The van der Waals surface area contributed by atoms with Gasteiger partial charge in [-0.05, 0) is 95.9 Å². The van der Waals surface area contributed by atoms with Gasteiger partial charge in [-0.3, -0.25) is 4.40 Å². The minimum absolute atomic E-state index is 0.987. The molecule has 0 spiro atoms. The second-order valence-electron chi connectivity index (χ2n) is 15.1. The predicted molar refractivity (Wildman–Crippen MR) is 249 cm³/mol. The van der Waals surface area contributed by atoms with Crippen LogP contribution in [0.4, 0.5) is 0 Å². The van der Waals surface area contributed by atoms with Gasteiger partial charge in [-0.25, -0.2) is 4.98 Å². The number of nitrogens with zero attached hydrogens (tertiary/aromatic N) is 2. The molecule has 12 aromatic rings. The zero-order valence-corrected chi connectivity index (χ0v) is 32.5. The Bertz CT molecular complexity index is 3600. The average molecular weight is 761 g/mol. The first-order chi connectivity index (χ1) is 28.1. The molecule has 0 saturated heterocycles. The molecule has 0 aliphatic rings. The van der Waals surface area contributed by atoms with Gasteiger partial charge in [-0.15, -0.1) is 0 Å². The molecule has 0 radical (unpaired) electrons. The molecule has 0 unspecified atom stereocenters. The third kappa shape index (κ3) is 4.83. The molecule has 4 heteroatoms. The highest BCUT2D eigenvalue weighted by molar-refractivity contribution is 8.25. The molecule has 0 saturated carbocycles. The van der Waals surface area contributed by atoms with Crippen LogP contribution in [0.1, 0.15) is 0 Å². The summed E-state index contributed by atoms with van der Waals surface area (Å²) in [5.74, 6) is 0. The van der Waals surface area contributed by atoms with Crippen LogP contribution >= 0.6 is 6.04 Å². The second kappa shape index (κ2) is 12.4. The van der Waals surface area contributed by atoms with E-state index in [1.165, 1.54) is 86.3 Å². The van der Waals surface area contributed by atoms with Gasteiger partial charge in [0, 0.05) is 32.8 Å². The van der Waals surface area contributed by atoms with Crippen LogP contribution in [0.5, 0.6) is 0 Å². The number of rotatable bonds is 4. The number of para-hydroxylation sites is 2. The van der Waals surface area contributed by atoms with Crippen LogP contribution in [0.3, 0.4) is 0 Å². The van der Waals surface area contributed by atoms with Crippen molar-refractivity contribution in [3.63, 3.8) is 0 Å². The Morgan fingerprint density at radius 3 is 1.68 bits per heavy atom. The number of benzene rings is 10. The summed E-state index contributed by atoms with van der Waals surface area (Å²) in [6, 6.07) is 70.5. The lowest BCUT2D eigenvalue weighted by molar-refractivity contribution is 1.32. The van der Waals surface area contributed by atoms with E-state index in [0.717, 1.165) is 22.2 Å². The first kappa shape index (κ1) is 32.6. The molecule has 2 nitrogen and oxygen atoms in total. The minimum atomic E-state index is -2.52. The van der Waals surface area contributed by atoms with E-state index in [-0.39, 0.29) is 0 Å². The number of imidazole rings is 1. The average Bonchev–Trinajstić information content (AvgIpc) is 3.68. The quantitative estimate of drug-likeness (QED) is 0.131. The molecule has 266 valence electrons. The molecule has 12 rings (SSSR count). The third-order valence-electron chi connectivity index (χ3n) is 12.0. The SMILES string of the molecule is S=P(c1ccc2cc(-c3ccc4c5c6ccccc6ccc5c5nc6ccccc6n5c4c3)ccc2c1)(c1cccc2ccccc12)c1cccc2ccccc12. The summed E-state index contributed by atoms with van der Waals surface area (Å²) in [6.45, 7) is 0. The number of hydrogen-bond acceptors (Lipinski definition) is 2. The van der Waals surface area contributed by atoms with Gasteiger partial charge in [-0.2, -0.15) is 0 Å². The van der Waals surface area contributed by atoms with Gasteiger partial charge < -0.3 is 0 Å². The van der Waals surface area contributed by atoms with E-state index in [1.807, 2.05) is 0 Å². The largest absolute Gasteiger partial charge is 0.292 e. The summed E-state index contributed by atoms with van der Waals surface area (Å²) in [7, 11) is 0. The van der Waals surface area contributed by atoms with Crippen LogP contribution in [0.15, 0.2) is 200 Å². The zero-order chi connectivity index (χ0) is 37.7. The van der Waals surface area contributed by atoms with Crippen LogP contribution in [0.25, 0.3) is 92.6 Å². The van der Waals surface area contributed by atoms with Crippen molar-refractivity contribution < 1.29 is 0 Å². The van der Waals surface area contributed by atoms with Crippen LogP contribution in [0, 0.1) is 0 Å². The van der Waals surface area contributed by atoms with Crippen LogP contribution < -0.4 is 15.9 Å². The van der Waals surface area contributed by atoms with Crippen molar-refractivity contribution in [1.29, 1.82) is 0 Å². The minimum Gasteiger partial charge on any atom is -0.292 e. The van der Waals surface area contributed by atoms with Crippen molar-refractivity contribution in [2.75, 3.05) is 0 Å². The molecule has 2 aromatic heterocycles. The van der Waals surface area contributed by atoms with E-state index >= 15 is 0 Å². The van der Waals surface area contributed by atoms with Crippen LogP contribution in [-0.2, 0) is 11.8 Å². The Kier molecular flexibility index (Phi) is 7.11. The highest BCUT2D eigenvalue weighted by Gasteiger charge is 2.29. The first-order valence-electron chi connectivity index (χ1n) is 19.4. The first-order valence-corrected chi connectivity index (χ1v) is 22.2. The molecular formula is C53H33N2PS. The van der Waals surface area contributed by atoms with Gasteiger partial charge in [0.15, 0.2) is 0 Å². The molecule has 2 heterocycles. The van der Waals surface area contributed by atoms with Gasteiger partial charge in [0.25, 0.3) is 0 Å². The Labute approximate surface area is 334 Å². The van der Waals surface area contributed by atoms with Crippen molar-refractivity contribution in [3.05, 3.63) is 200 Å². The van der Waals surface area contributed by atoms with Crippen molar-refractivity contribution in [2.45, 2.75) is 0 Å². The van der Waals surface area contributed by atoms with Gasteiger partial charge in [0.1, 0.15) is 5.65 Å². The van der Waals surface area contributed by atoms with Gasteiger partial charge >= 0.3 is 0 Å². The van der Waals surface area contributed by atoms with Crippen molar-refractivity contribution in [3.8, 4) is 11.1 Å². The fraction of sp³-hybridized carbons (Fsp3) is 0. The molecule has 0 N–H and O–H groups in total. The lowest BCUT2D eigenvalue weighted by Crippen LogP contribution is -2.26. The maximum absolute atomic E-state index is 7.10. The fourth-order valence-corrected chi connectivity index (χ4v) is 13.7. The molecule has 0 aliphatic heterocycles. The maximum atomic E-state index is 7.10. The molecule has 10 aromatic carbocycles. The summed E-state index contributed by atoms with van der Waals surface area (Å²) in [4.78, 5) is 5.21. The number of pyridine rings is 1. The third-order valence-corrected chi connectivity index (χ3v) is 16.9. The predicted octanol–water partition coefficient (Wildman–Crippen LogP) is 12.8. The summed E-state index contributed by atoms with van der Waals surface area (Å²) < 4.78 is 2.35. The van der Waals surface area contributed by atoms with E-state index in [0.29, 0.717) is 0 Å². The second-order valence-corrected chi connectivity index (χ2v) is 19.4. The molecule has 0 atom stereocenters. The van der Waals surface area contributed by atoms with Crippen molar-refractivity contribution in [1.82, 2.24) is 9.38 Å². The molecule has 0 amide bonds. The van der Waals surface area contributed by atoms with Gasteiger partial charge in [-0.1, -0.05) is 176 Å². The van der Waals surface area contributed by atoms with Crippen molar-refractivity contribution >= 4 is 115 Å². The number of fused-ring (bicyclic) bond motifs is 13. The molecule has 0 fully saturated rings. The Morgan fingerprint density at radius 1 is 0.386 bits per heavy atom. The molecular weight excluding hydrogens is 728 g/mol. The number of aromatic nitrogens is 2. The van der Waals surface area contributed by atoms with Gasteiger partial charge in [0.2, 0.25) is 0 Å². The highest BCUT2D eigenvalue weighted by atomic mass is 32.4. The Hall–Kier alpha value is -6.64. The van der Waals surface area contributed by atoms with Crippen LogP contribution in [-0.4, -0.2) is 9.38 Å². The normalized spacial score (nSPS) is 12.3. The lowest BCUT2D eigenvalue weighted by atomic mass is 9.96. The van der Waals surface area contributed by atoms with E-state index in [2.05, 4.69) is 205 Å². The molecule has 0 bridgehead atoms. The zero-order valence-electron chi connectivity index (χ0n) is 30.8.